The fraction of sp³-hybridized carbons (Fsp3) is 0.400. The number of hydrogen-bond acceptors (Lipinski definition) is 6. The quantitative estimate of drug-likeness (QED) is 0.316. The third-order valence-corrected chi connectivity index (χ3v) is 7.45. The van der Waals surface area contributed by atoms with E-state index in [4.69, 9.17) is 9.47 Å². The number of carbonyl (C=O) groups excluding carboxylic acids is 2. The van der Waals surface area contributed by atoms with Crippen molar-refractivity contribution in [1.82, 2.24) is 14.5 Å². The van der Waals surface area contributed by atoms with Crippen LogP contribution in [0.4, 0.5) is 0 Å². The van der Waals surface area contributed by atoms with E-state index in [1.807, 2.05) is 18.2 Å². The second-order valence-corrected chi connectivity index (χ2v) is 10.1. The van der Waals surface area contributed by atoms with E-state index in [1.54, 1.807) is 24.3 Å². The van der Waals surface area contributed by atoms with Crippen molar-refractivity contribution in [3.8, 4) is 11.5 Å². The van der Waals surface area contributed by atoms with Gasteiger partial charge in [0, 0.05) is 24.6 Å². The van der Waals surface area contributed by atoms with Crippen LogP contribution < -0.4 is 26.0 Å². The van der Waals surface area contributed by atoms with Gasteiger partial charge in [-0.05, 0) is 55.5 Å². The summed E-state index contributed by atoms with van der Waals surface area (Å²) in [6, 6.07) is 10.4. The Bertz CT molecular complexity index is 1530. The van der Waals surface area contributed by atoms with E-state index >= 15 is 0 Å². The van der Waals surface area contributed by atoms with Gasteiger partial charge < -0.3 is 14.8 Å². The minimum absolute atomic E-state index is 0.0909. The predicted octanol–water partition coefficient (Wildman–Crippen LogP) is 3.73. The van der Waals surface area contributed by atoms with Crippen molar-refractivity contribution in [3.05, 3.63) is 81.0 Å². The zero-order valence-corrected chi connectivity index (χ0v) is 21.9. The summed E-state index contributed by atoms with van der Waals surface area (Å²) in [5, 5.41) is 3.33. The first-order valence-electron chi connectivity index (χ1n) is 13.5. The van der Waals surface area contributed by atoms with Crippen molar-refractivity contribution in [2.45, 2.75) is 70.5 Å². The van der Waals surface area contributed by atoms with Gasteiger partial charge in [0.2, 0.25) is 12.7 Å². The molecule has 1 aliphatic carbocycles. The molecule has 2 aromatic carbocycles. The average Bonchev–Trinajstić information content (AvgIpc) is 3.42. The van der Waals surface area contributed by atoms with Gasteiger partial charge in [0.05, 0.1) is 10.9 Å². The minimum Gasteiger partial charge on any atom is -0.454 e. The number of amides is 1. The first kappa shape index (κ1) is 26.5. The lowest BCUT2D eigenvalue weighted by Gasteiger charge is -2.23. The Hall–Kier alpha value is -4.14. The number of fused-ring (bicyclic) bond motifs is 2. The normalized spacial score (nSPS) is 14.9. The molecule has 0 bridgehead atoms. The maximum atomic E-state index is 13.4. The summed E-state index contributed by atoms with van der Waals surface area (Å²) in [6.45, 7) is 3.80. The van der Waals surface area contributed by atoms with E-state index in [2.05, 4.69) is 11.9 Å². The number of Topliss-reactive ketones (excluding diaryl/α,β-unsaturated/α-hetero) is 1. The number of aryl methyl sites for hydroxylation is 1. The van der Waals surface area contributed by atoms with Gasteiger partial charge in [-0.3, -0.25) is 23.5 Å². The molecule has 0 unspecified atom stereocenters. The molecule has 39 heavy (non-hydrogen) atoms. The maximum absolute atomic E-state index is 13.4. The van der Waals surface area contributed by atoms with Crippen molar-refractivity contribution in [3.63, 3.8) is 0 Å². The lowest BCUT2D eigenvalue weighted by atomic mass is 9.95. The Balaban J connectivity index is 1.43. The molecule has 1 aromatic heterocycles. The third-order valence-electron chi connectivity index (χ3n) is 7.45. The highest BCUT2D eigenvalue weighted by atomic mass is 16.7. The highest BCUT2D eigenvalue weighted by molar-refractivity contribution is 5.99. The fourth-order valence-electron chi connectivity index (χ4n) is 5.32. The van der Waals surface area contributed by atoms with Crippen LogP contribution in [0.1, 0.15) is 60.9 Å². The number of nitrogens with zero attached hydrogens (tertiary/aromatic N) is 2. The van der Waals surface area contributed by atoms with Crippen LogP contribution in [0.2, 0.25) is 0 Å². The molecule has 204 valence electrons. The van der Waals surface area contributed by atoms with Crippen LogP contribution in [0.15, 0.2) is 58.6 Å². The number of carbonyl (C=O) groups is 2. The van der Waals surface area contributed by atoms with Crippen LogP contribution in [0.3, 0.4) is 0 Å². The number of ketones is 1. The molecular weight excluding hydrogens is 498 g/mol. The second-order valence-electron chi connectivity index (χ2n) is 10.1. The SMILES string of the molecule is C=CCCn1c(=O)c2ccc(C(=O)CCc3ccc4c(c3)OCO4)cc2n(CC(=O)NC2CCCCC2)c1=O. The number of aromatic nitrogens is 2. The van der Waals surface area contributed by atoms with Crippen LogP contribution >= 0.6 is 0 Å². The Morgan fingerprint density at radius 3 is 2.59 bits per heavy atom. The molecule has 5 rings (SSSR count). The van der Waals surface area contributed by atoms with Gasteiger partial charge in [-0.2, -0.15) is 0 Å². The van der Waals surface area contributed by atoms with E-state index in [0.29, 0.717) is 29.9 Å². The summed E-state index contributed by atoms with van der Waals surface area (Å²) in [6.07, 6.45) is 7.93. The highest BCUT2D eigenvalue weighted by Crippen LogP contribution is 2.33. The molecule has 2 aliphatic rings. The fourth-order valence-corrected chi connectivity index (χ4v) is 5.32. The van der Waals surface area contributed by atoms with Crippen molar-refractivity contribution < 1.29 is 19.1 Å². The monoisotopic (exact) mass is 531 g/mol. The molecule has 3 aromatic rings. The topological polar surface area (TPSA) is 109 Å². The molecule has 1 aliphatic heterocycles. The number of benzene rings is 2. The lowest BCUT2D eigenvalue weighted by Crippen LogP contribution is -2.44. The molecule has 2 heterocycles. The molecule has 0 saturated heterocycles. The zero-order chi connectivity index (χ0) is 27.4. The lowest BCUT2D eigenvalue weighted by molar-refractivity contribution is -0.122. The molecule has 0 atom stereocenters. The maximum Gasteiger partial charge on any atom is 0.331 e. The van der Waals surface area contributed by atoms with Crippen LogP contribution in [0, 0.1) is 0 Å². The molecule has 9 heteroatoms. The first-order valence-corrected chi connectivity index (χ1v) is 13.5. The number of allylic oxidation sites excluding steroid dienone is 1. The summed E-state index contributed by atoms with van der Waals surface area (Å²) in [5.41, 5.74) is 0.591. The predicted molar refractivity (Wildman–Crippen MR) is 148 cm³/mol. The molecular formula is C30H33N3O6. The number of ether oxygens (including phenoxy) is 2. The van der Waals surface area contributed by atoms with E-state index in [1.165, 1.54) is 4.57 Å². The van der Waals surface area contributed by atoms with Crippen LogP contribution in [-0.4, -0.2) is 33.7 Å². The summed E-state index contributed by atoms with van der Waals surface area (Å²) < 4.78 is 13.2. The molecule has 0 spiro atoms. The summed E-state index contributed by atoms with van der Waals surface area (Å²) in [5.74, 6) is 0.938. The smallest absolute Gasteiger partial charge is 0.331 e. The van der Waals surface area contributed by atoms with Crippen LogP contribution in [0.25, 0.3) is 10.9 Å². The number of rotatable bonds is 10. The van der Waals surface area contributed by atoms with Gasteiger partial charge in [-0.25, -0.2) is 4.79 Å². The van der Waals surface area contributed by atoms with Crippen molar-refractivity contribution >= 4 is 22.6 Å². The Kier molecular flexibility index (Phi) is 7.95. The van der Waals surface area contributed by atoms with Gasteiger partial charge in [0.15, 0.2) is 17.3 Å². The molecule has 1 saturated carbocycles. The van der Waals surface area contributed by atoms with E-state index < -0.39 is 11.2 Å². The first-order chi connectivity index (χ1) is 18.9. The highest BCUT2D eigenvalue weighted by Gasteiger charge is 2.20. The van der Waals surface area contributed by atoms with Gasteiger partial charge >= 0.3 is 5.69 Å². The summed E-state index contributed by atoms with van der Waals surface area (Å²) in [7, 11) is 0. The van der Waals surface area contributed by atoms with Gasteiger partial charge in [0.1, 0.15) is 6.54 Å². The van der Waals surface area contributed by atoms with Crippen molar-refractivity contribution in [1.29, 1.82) is 0 Å². The Morgan fingerprint density at radius 1 is 1.00 bits per heavy atom. The standard InChI is InChI=1S/C30H33N3O6/c1-2-3-15-32-29(36)23-12-11-21(25(34)13-9-20-10-14-26-27(16-20)39-19-38-26)17-24(23)33(30(32)37)18-28(35)31-22-7-5-4-6-8-22/h2,10-12,14,16-17,22H,1,3-9,13,15,18-19H2,(H,31,35). The third kappa shape index (κ3) is 5.82. The second kappa shape index (κ2) is 11.7. The van der Waals surface area contributed by atoms with E-state index in [9.17, 15) is 19.2 Å². The molecule has 1 N–H and O–H groups in total. The zero-order valence-electron chi connectivity index (χ0n) is 21.9. The van der Waals surface area contributed by atoms with Crippen LogP contribution in [0.5, 0.6) is 11.5 Å². The molecule has 9 nitrogen and oxygen atoms in total. The molecule has 0 radical (unpaired) electrons. The minimum atomic E-state index is -0.571. The average molecular weight is 532 g/mol. The van der Waals surface area contributed by atoms with E-state index in [-0.39, 0.29) is 54.9 Å². The van der Waals surface area contributed by atoms with Gasteiger partial charge in [0.25, 0.3) is 5.56 Å². The molecule has 1 amide bonds. The largest absolute Gasteiger partial charge is 0.454 e. The number of nitrogens with one attached hydrogen (secondary N) is 1. The summed E-state index contributed by atoms with van der Waals surface area (Å²) in [4.78, 5) is 52.8. The number of hydrogen-bond donors (Lipinski definition) is 1. The van der Waals surface area contributed by atoms with Crippen molar-refractivity contribution in [2.24, 2.45) is 0 Å². The molecule has 1 fully saturated rings. The Labute approximate surface area is 226 Å². The van der Waals surface area contributed by atoms with E-state index in [0.717, 1.165) is 42.2 Å². The van der Waals surface area contributed by atoms with Crippen molar-refractivity contribution in [2.75, 3.05) is 6.79 Å². The van der Waals surface area contributed by atoms with Gasteiger partial charge in [-0.1, -0.05) is 37.5 Å². The summed E-state index contributed by atoms with van der Waals surface area (Å²) >= 11 is 0. The Morgan fingerprint density at radius 2 is 1.79 bits per heavy atom. The van der Waals surface area contributed by atoms with Gasteiger partial charge in [-0.15, -0.1) is 6.58 Å². The van der Waals surface area contributed by atoms with Crippen LogP contribution in [-0.2, 0) is 24.3 Å².